The first-order chi connectivity index (χ1) is 13.5. The molecular weight excluding hydrogens is 405 g/mol. The number of nitrogens with one attached hydrogen (secondary N) is 2. The molecule has 28 heavy (non-hydrogen) atoms. The van der Waals surface area contributed by atoms with Crippen molar-refractivity contribution in [1.82, 2.24) is 9.97 Å². The molecule has 0 amide bonds. The van der Waals surface area contributed by atoms with E-state index in [2.05, 4.69) is 20.6 Å². The zero-order valence-electron chi connectivity index (χ0n) is 14.6. The maximum atomic E-state index is 11.7. The topological polar surface area (TPSA) is 102 Å². The van der Waals surface area contributed by atoms with E-state index in [9.17, 15) is 10.1 Å². The third kappa shape index (κ3) is 4.41. The number of rotatable bonds is 7. The summed E-state index contributed by atoms with van der Waals surface area (Å²) in [6.45, 7) is 2.30. The molecule has 2 aromatic carbocycles. The molecule has 0 fully saturated rings. The van der Waals surface area contributed by atoms with Crippen molar-refractivity contribution in [2.24, 2.45) is 0 Å². The fourth-order valence-electron chi connectivity index (χ4n) is 2.43. The van der Waals surface area contributed by atoms with Gasteiger partial charge in [-0.1, -0.05) is 35.3 Å². The Hall–Kier alpha value is -3.10. The second-order valence-corrected chi connectivity index (χ2v) is 6.32. The van der Waals surface area contributed by atoms with Crippen LogP contribution in [0, 0.1) is 10.1 Å². The summed E-state index contributed by atoms with van der Waals surface area (Å²) in [5, 5.41) is 18.3. The SMILES string of the molecule is CCOc1ccccc1Nc1ncnc(Nc2ccc(Cl)cc2Cl)c1[N+](=O)[O-]. The molecule has 3 aromatic rings. The highest BCUT2D eigenvalue weighted by atomic mass is 35.5. The van der Waals surface area contributed by atoms with Gasteiger partial charge in [0.1, 0.15) is 12.1 Å². The van der Waals surface area contributed by atoms with Crippen molar-refractivity contribution >= 4 is 51.9 Å². The number of nitrogens with zero attached hydrogens (tertiary/aromatic N) is 3. The first kappa shape index (κ1) is 19.7. The van der Waals surface area contributed by atoms with Crippen LogP contribution in [0.4, 0.5) is 28.7 Å². The maximum Gasteiger partial charge on any atom is 0.353 e. The fourth-order valence-corrected chi connectivity index (χ4v) is 2.89. The van der Waals surface area contributed by atoms with Crippen molar-refractivity contribution in [3.63, 3.8) is 0 Å². The van der Waals surface area contributed by atoms with E-state index in [0.717, 1.165) is 0 Å². The third-order valence-electron chi connectivity index (χ3n) is 3.63. The van der Waals surface area contributed by atoms with Gasteiger partial charge in [0.25, 0.3) is 0 Å². The smallest absolute Gasteiger partial charge is 0.353 e. The number of hydrogen-bond acceptors (Lipinski definition) is 7. The number of benzene rings is 2. The van der Waals surface area contributed by atoms with Crippen molar-refractivity contribution in [3.8, 4) is 5.75 Å². The minimum Gasteiger partial charge on any atom is -0.492 e. The van der Waals surface area contributed by atoms with Gasteiger partial charge < -0.3 is 15.4 Å². The van der Waals surface area contributed by atoms with Crippen LogP contribution in [-0.4, -0.2) is 21.5 Å². The van der Waals surface area contributed by atoms with E-state index in [1.54, 1.807) is 36.4 Å². The molecule has 0 atom stereocenters. The Morgan fingerprint density at radius 3 is 2.39 bits per heavy atom. The van der Waals surface area contributed by atoms with Crippen LogP contribution >= 0.6 is 23.2 Å². The first-order valence-electron chi connectivity index (χ1n) is 8.20. The lowest BCUT2D eigenvalue weighted by atomic mass is 10.2. The Bertz CT molecular complexity index is 1020. The summed E-state index contributed by atoms with van der Waals surface area (Å²) in [7, 11) is 0. The molecule has 0 saturated carbocycles. The zero-order valence-corrected chi connectivity index (χ0v) is 16.2. The van der Waals surface area contributed by atoms with E-state index in [-0.39, 0.29) is 17.3 Å². The average molecular weight is 420 g/mol. The van der Waals surface area contributed by atoms with Gasteiger partial charge in [-0.25, -0.2) is 9.97 Å². The maximum absolute atomic E-state index is 11.7. The molecule has 2 N–H and O–H groups in total. The van der Waals surface area contributed by atoms with Gasteiger partial charge >= 0.3 is 5.69 Å². The standard InChI is InChI=1S/C18H15Cl2N5O3/c1-2-28-15-6-4-3-5-14(15)24-18-16(25(26)27)17(21-10-22-18)23-13-8-7-11(19)9-12(13)20/h3-10H,2H2,1H3,(H2,21,22,23,24). The third-order valence-corrected chi connectivity index (χ3v) is 4.18. The van der Waals surface area contributed by atoms with Gasteiger partial charge in [0.2, 0.25) is 11.6 Å². The van der Waals surface area contributed by atoms with Crippen LogP contribution in [0.5, 0.6) is 5.75 Å². The predicted molar refractivity (Wildman–Crippen MR) is 109 cm³/mol. The number of para-hydroxylation sites is 2. The molecule has 0 aliphatic carbocycles. The van der Waals surface area contributed by atoms with Crippen molar-refractivity contribution < 1.29 is 9.66 Å². The minimum absolute atomic E-state index is 0.0133. The molecule has 144 valence electrons. The summed E-state index contributed by atoms with van der Waals surface area (Å²) in [5.41, 5.74) is 0.634. The molecule has 3 rings (SSSR count). The lowest BCUT2D eigenvalue weighted by molar-refractivity contribution is -0.383. The normalized spacial score (nSPS) is 10.4. The summed E-state index contributed by atoms with van der Waals surface area (Å²) < 4.78 is 5.54. The highest BCUT2D eigenvalue weighted by molar-refractivity contribution is 6.36. The quantitative estimate of drug-likeness (QED) is 0.380. The highest BCUT2D eigenvalue weighted by Gasteiger charge is 2.24. The van der Waals surface area contributed by atoms with E-state index in [4.69, 9.17) is 27.9 Å². The van der Waals surface area contributed by atoms with Crippen LogP contribution in [0.15, 0.2) is 48.8 Å². The van der Waals surface area contributed by atoms with Crippen molar-refractivity contribution in [3.05, 3.63) is 69.0 Å². The summed E-state index contributed by atoms with van der Waals surface area (Å²) in [6, 6.07) is 11.8. The van der Waals surface area contributed by atoms with Gasteiger partial charge in [-0.3, -0.25) is 10.1 Å². The Kier molecular flexibility index (Phi) is 6.13. The minimum atomic E-state index is -0.572. The van der Waals surface area contributed by atoms with E-state index in [1.165, 1.54) is 12.4 Å². The van der Waals surface area contributed by atoms with Crippen molar-refractivity contribution in [1.29, 1.82) is 0 Å². The molecule has 1 aromatic heterocycles. The molecule has 0 bridgehead atoms. The number of aromatic nitrogens is 2. The molecule has 0 spiro atoms. The van der Waals surface area contributed by atoms with Gasteiger partial charge in [0, 0.05) is 5.02 Å². The van der Waals surface area contributed by atoms with Crippen LogP contribution in [0.1, 0.15) is 6.92 Å². The Morgan fingerprint density at radius 2 is 1.75 bits per heavy atom. The number of nitro groups is 1. The lowest BCUT2D eigenvalue weighted by Crippen LogP contribution is -2.06. The first-order valence-corrected chi connectivity index (χ1v) is 8.95. The molecule has 0 saturated heterocycles. The van der Waals surface area contributed by atoms with Crippen molar-refractivity contribution in [2.75, 3.05) is 17.2 Å². The number of hydrogen-bond donors (Lipinski definition) is 2. The molecule has 10 heteroatoms. The van der Waals surface area contributed by atoms with Gasteiger partial charge in [0.05, 0.1) is 27.9 Å². The number of halogens is 2. The molecule has 0 aliphatic rings. The number of ether oxygens (including phenoxy) is 1. The Labute approximate surface area is 170 Å². The summed E-state index contributed by atoms with van der Waals surface area (Å²) >= 11 is 12.0. The molecule has 0 radical (unpaired) electrons. The highest BCUT2D eigenvalue weighted by Crippen LogP contribution is 2.37. The van der Waals surface area contributed by atoms with Crippen molar-refractivity contribution in [2.45, 2.75) is 6.92 Å². The van der Waals surface area contributed by atoms with Gasteiger partial charge in [-0.2, -0.15) is 0 Å². The molecule has 8 nitrogen and oxygen atoms in total. The summed E-state index contributed by atoms with van der Waals surface area (Å²) in [4.78, 5) is 19.2. The van der Waals surface area contributed by atoms with Crippen LogP contribution < -0.4 is 15.4 Å². The Balaban J connectivity index is 1.99. The van der Waals surface area contributed by atoms with Gasteiger partial charge in [-0.15, -0.1) is 0 Å². The number of anilines is 4. The van der Waals surface area contributed by atoms with Crippen LogP contribution in [0.25, 0.3) is 0 Å². The predicted octanol–water partition coefficient (Wildman–Crippen LogP) is 5.58. The van der Waals surface area contributed by atoms with E-state index < -0.39 is 4.92 Å². The Morgan fingerprint density at radius 1 is 1.07 bits per heavy atom. The largest absolute Gasteiger partial charge is 0.492 e. The monoisotopic (exact) mass is 419 g/mol. The second kappa shape index (κ2) is 8.73. The summed E-state index contributed by atoms with van der Waals surface area (Å²) in [6.07, 6.45) is 1.21. The average Bonchev–Trinajstić information content (AvgIpc) is 2.66. The molecule has 0 aliphatic heterocycles. The van der Waals surface area contributed by atoms with Crippen LogP contribution in [0.3, 0.4) is 0 Å². The van der Waals surface area contributed by atoms with Gasteiger partial charge in [-0.05, 0) is 37.3 Å². The molecular formula is C18H15Cl2N5O3. The van der Waals surface area contributed by atoms with E-state index in [0.29, 0.717) is 33.8 Å². The zero-order chi connectivity index (χ0) is 20.1. The van der Waals surface area contributed by atoms with Crippen LogP contribution in [-0.2, 0) is 0 Å². The van der Waals surface area contributed by atoms with E-state index >= 15 is 0 Å². The van der Waals surface area contributed by atoms with E-state index in [1.807, 2.05) is 6.92 Å². The molecule has 1 heterocycles. The fraction of sp³-hybridized carbons (Fsp3) is 0.111. The summed E-state index contributed by atoms with van der Waals surface area (Å²) in [5.74, 6) is 0.550. The molecule has 0 unspecified atom stereocenters. The van der Waals surface area contributed by atoms with Gasteiger partial charge in [0.15, 0.2) is 0 Å². The lowest BCUT2D eigenvalue weighted by Gasteiger charge is -2.13. The van der Waals surface area contributed by atoms with Crippen LogP contribution in [0.2, 0.25) is 10.0 Å². The second-order valence-electron chi connectivity index (χ2n) is 5.48.